The fourth-order valence-electron chi connectivity index (χ4n) is 4.86. The second kappa shape index (κ2) is 10.9. The Morgan fingerprint density at radius 2 is 1.95 bits per heavy atom. The van der Waals surface area contributed by atoms with Gasteiger partial charge >= 0.3 is 5.24 Å². The van der Waals surface area contributed by atoms with Crippen LogP contribution in [-0.2, 0) is 16.1 Å². The molecular formula is C28H26ClN5O3S. The Balaban J connectivity index is 1.20. The molecule has 0 radical (unpaired) electrons. The Labute approximate surface area is 230 Å². The SMILES string of the molecule is O=C1Nc2ccc(CN3N=C(c4ccc(Cl)cc4)CSC3=O)cc2/C1=C/C1=CC(CN2CCOCC2)C=N1. The molecule has 1 fully saturated rings. The van der Waals surface area contributed by atoms with Crippen LogP contribution in [0.15, 0.2) is 70.4 Å². The summed E-state index contributed by atoms with van der Waals surface area (Å²) < 4.78 is 5.43. The standard InChI is InChI=1S/C28H26ClN5O3S/c29-21-4-2-20(3-5-21)26-17-38-28(36)34(32-26)16-18-1-6-25-23(12-18)24(27(35)31-25)13-22-11-19(14-30-22)15-33-7-9-37-10-8-33/h1-6,11-14,19H,7-10,15-17H2,(H,31,35)/b24-13-. The molecule has 38 heavy (non-hydrogen) atoms. The first-order chi connectivity index (χ1) is 18.5. The van der Waals surface area contributed by atoms with Gasteiger partial charge in [0.2, 0.25) is 0 Å². The second-order valence-electron chi connectivity index (χ2n) is 9.50. The number of ether oxygens (including phenoxy) is 1. The van der Waals surface area contributed by atoms with E-state index in [0.29, 0.717) is 22.9 Å². The zero-order valence-corrected chi connectivity index (χ0v) is 22.2. The molecule has 0 aliphatic carbocycles. The van der Waals surface area contributed by atoms with Gasteiger partial charge in [-0.3, -0.25) is 19.5 Å². The van der Waals surface area contributed by atoms with Crippen molar-refractivity contribution in [1.82, 2.24) is 9.91 Å². The molecule has 0 spiro atoms. The minimum absolute atomic E-state index is 0.107. The van der Waals surface area contributed by atoms with Crippen molar-refractivity contribution in [1.29, 1.82) is 0 Å². The minimum atomic E-state index is -0.155. The van der Waals surface area contributed by atoms with Crippen molar-refractivity contribution < 1.29 is 14.3 Å². The number of allylic oxidation sites excluding steroid dienone is 1. The highest BCUT2D eigenvalue weighted by Gasteiger charge is 2.27. The third-order valence-electron chi connectivity index (χ3n) is 6.83. The monoisotopic (exact) mass is 547 g/mol. The molecule has 2 aromatic carbocycles. The molecule has 4 aliphatic rings. The summed E-state index contributed by atoms with van der Waals surface area (Å²) in [5.41, 5.74) is 5.55. The predicted octanol–water partition coefficient (Wildman–Crippen LogP) is 4.67. The maximum atomic E-state index is 12.8. The molecule has 8 nitrogen and oxygen atoms in total. The third kappa shape index (κ3) is 5.47. The van der Waals surface area contributed by atoms with Crippen LogP contribution >= 0.6 is 23.4 Å². The van der Waals surface area contributed by atoms with Gasteiger partial charge in [-0.25, -0.2) is 5.01 Å². The number of aliphatic imine (C=N–C) groups is 1. The first-order valence-corrected chi connectivity index (χ1v) is 13.9. The van der Waals surface area contributed by atoms with Crippen molar-refractivity contribution in [3.05, 3.63) is 82.0 Å². The van der Waals surface area contributed by atoms with Crippen molar-refractivity contribution in [2.75, 3.05) is 43.9 Å². The average Bonchev–Trinajstić information content (AvgIpc) is 3.50. The number of rotatable bonds is 6. The van der Waals surface area contributed by atoms with Crippen molar-refractivity contribution in [2.24, 2.45) is 16.0 Å². The molecule has 0 aromatic heterocycles. The number of fused-ring (bicyclic) bond motifs is 1. The van der Waals surface area contributed by atoms with Crippen LogP contribution in [0.4, 0.5) is 10.5 Å². The normalized spacial score (nSPS) is 22.5. The number of amides is 2. The van der Waals surface area contributed by atoms with Crippen LogP contribution in [0.25, 0.3) is 5.57 Å². The molecule has 6 rings (SSSR count). The second-order valence-corrected chi connectivity index (χ2v) is 10.9. The Hall–Kier alpha value is -3.24. The molecule has 1 N–H and O–H groups in total. The highest BCUT2D eigenvalue weighted by molar-refractivity contribution is 8.14. The number of hydrogen-bond acceptors (Lipinski definition) is 7. The fraction of sp³-hybridized carbons (Fsp3) is 0.286. The molecule has 1 atom stereocenters. The molecule has 4 aliphatic heterocycles. The number of benzene rings is 2. The van der Waals surface area contributed by atoms with E-state index in [-0.39, 0.29) is 17.1 Å². The molecule has 2 aromatic rings. The van der Waals surface area contributed by atoms with E-state index in [4.69, 9.17) is 16.3 Å². The molecule has 2 amide bonds. The van der Waals surface area contributed by atoms with Crippen LogP contribution in [0.5, 0.6) is 0 Å². The third-order valence-corrected chi connectivity index (χ3v) is 7.95. The van der Waals surface area contributed by atoms with Crippen LogP contribution in [-0.4, -0.2) is 71.6 Å². The van der Waals surface area contributed by atoms with E-state index in [1.165, 1.54) is 16.8 Å². The number of nitrogens with one attached hydrogen (secondary N) is 1. The number of morpholine rings is 1. The first-order valence-electron chi connectivity index (χ1n) is 12.5. The van der Waals surface area contributed by atoms with Gasteiger partial charge in [0.25, 0.3) is 5.91 Å². The zero-order chi connectivity index (χ0) is 26.1. The van der Waals surface area contributed by atoms with Crippen LogP contribution < -0.4 is 5.32 Å². The number of carbonyl (C=O) groups is 2. The van der Waals surface area contributed by atoms with E-state index >= 15 is 0 Å². The van der Waals surface area contributed by atoms with E-state index in [0.717, 1.165) is 66.6 Å². The van der Waals surface area contributed by atoms with Gasteiger partial charge in [0.05, 0.1) is 36.7 Å². The molecule has 0 bridgehead atoms. The number of nitrogens with zero attached hydrogens (tertiary/aromatic N) is 4. The van der Waals surface area contributed by atoms with Crippen molar-refractivity contribution in [2.45, 2.75) is 6.54 Å². The molecule has 1 saturated heterocycles. The zero-order valence-electron chi connectivity index (χ0n) is 20.6. The van der Waals surface area contributed by atoms with Crippen LogP contribution in [0.1, 0.15) is 16.7 Å². The minimum Gasteiger partial charge on any atom is -0.379 e. The van der Waals surface area contributed by atoms with Gasteiger partial charge in [-0.1, -0.05) is 41.6 Å². The summed E-state index contributed by atoms with van der Waals surface area (Å²) in [6.45, 7) is 4.58. The van der Waals surface area contributed by atoms with Crippen LogP contribution in [0, 0.1) is 5.92 Å². The summed E-state index contributed by atoms with van der Waals surface area (Å²) in [4.78, 5) is 32.4. The van der Waals surface area contributed by atoms with Gasteiger partial charge < -0.3 is 10.1 Å². The quantitative estimate of drug-likeness (QED) is 0.531. The highest BCUT2D eigenvalue weighted by atomic mass is 35.5. The summed E-state index contributed by atoms with van der Waals surface area (Å²) in [5.74, 6) is 0.567. The Morgan fingerprint density at radius 1 is 1.13 bits per heavy atom. The molecule has 4 heterocycles. The molecule has 10 heteroatoms. The van der Waals surface area contributed by atoms with Gasteiger partial charge in [0.15, 0.2) is 0 Å². The molecular weight excluding hydrogens is 522 g/mol. The van der Waals surface area contributed by atoms with E-state index in [2.05, 4.69) is 26.4 Å². The first kappa shape index (κ1) is 25.1. The lowest BCUT2D eigenvalue weighted by molar-refractivity contribution is -0.110. The topological polar surface area (TPSA) is 86.6 Å². The maximum absolute atomic E-state index is 12.8. The van der Waals surface area contributed by atoms with Crippen LogP contribution in [0.3, 0.4) is 0 Å². The van der Waals surface area contributed by atoms with Crippen LogP contribution in [0.2, 0.25) is 5.02 Å². The lowest BCUT2D eigenvalue weighted by Gasteiger charge is -2.27. The van der Waals surface area contributed by atoms with Gasteiger partial charge in [-0.2, -0.15) is 5.10 Å². The number of hydrazone groups is 1. The van der Waals surface area contributed by atoms with Gasteiger partial charge in [-0.05, 0) is 47.5 Å². The van der Waals surface area contributed by atoms with Gasteiger partial charge in [-0.15, -0.1) is 0 Å². The molecule has 0 saturated carbocycles. The van der Waals surface area contributed by atoms with Crippen molar-refractivity contribution in [3.8, 4) is 0 Å². The Morgan fingerprint density at radius 3 is 2.76 bits per heavy atom. The lowest BCUT2D eigenvalue weighted by atomic mass is 10.0. The van der Waals surface area contributed by atoms with E-state index < -0.39 is 0 Å². The predicted molar refractivity (Wildman–Crippen MR) is 152 cm³/mol. The highest BCUT2D eigenvalue weighted by Crippen LogP contribution is 2.35. The Kier molecular flexibility index (Phi) is 7.16. The van der Waals surface area contributed by atoms with E-state index in [1.807, 2.05) is 54.8 Å². The summed E-state index contributed by atoms with van der Waals surface area (Å²) in [5, 5.41) is 9.59. The number of thioether (sulfide) groups is 1. The van der Waals surface area contributed by atoms with Crippen molar-refractivity contribution >= 4 is 57.7 Å². The number of anilines is 1. The van der Waals surface area contributed by atoms with Gasteiger partial charge in [0.1, 0.15) is 0 Å². The van der Waals surface area contributed by atoms with E-state index in [9.17, 15) is 9.59 Å². The smallest absolute Gasteiger partial charge is 0.302 e. The summed E-state index contributed by atoms with van der Waals surface area (Å²) in [6, 6.07) is 13.2. The van der Waals surface area contributed by atoms with Crippen molar-refractivity contribution in [3.63, 3.8) is 0 Å². The van der Waals surface area contributed by atoms with Gasteiger partial charge in [0, 0.05) is 53.8 Å². The molecule has 1 unspecified atom stereocenters. The lowest BCUT2D eigenvalue weighted by Crippen LogP contribution is -2.39. The largest absolute Gasteiger partial charge is 0.379 e. The molecule has 194 valence electrons. The Bertz CT molecular complexity index is 1400. The number of carbonyl (C=O) groups excluding carboxylic acids is 2. The summed E-state index contributed by atoms with van der Waals surface area (Å²) in [6.07, 6.45) is 5.90. The number of hydrogen-bond donors (Lipinski definition) is 1. The number of halogens is 1. The average molecular weight is 548 g/mol. The van der Waals surface area contributed by atoms with E-state index in [1.54, 1.807) is 0 Å². The summed E-state index contributed by atoms with van der Waals surface area (Å²) in [7, 11) is 0. The summed E-state index contributed by atoms with van der Waals surface area (Å²) >= 11 is 7.24. The maximum Gasteiger partial charge on any atom is 0.302 e. The fourth-order valence-corrected chi connectivity index (χ4v) is 5.72.